The average Bonchev–Trinajstić information content (AvgIpc) is 2.54. The topological polar surface area (TPSA) is 87.9 Å². The molecule has 2 aromatic rings. The van der Waals surface area contributed by atoms with Crippen molar-refractivity contribution in [1.29, 1.82) is 0 Å². The summed E-state index contributed by atoms with van der Waals surface area (Å²) in [5.41, 5.74) is 0.386. The molecular formula is C16H13NO6. The molecule has 23 heavy (non-hydrogen) atoms. The molecule has 3 rings (SSSR count). The third-order valence-corrected chi connectivity index (χ3v) is 3.37. The Kier molecular flexibility index (Phi) is 3.61. The van der Waals surface area contributed by atoms with Crippen molar-refractivity contribution in [2.24, 2.45) is 0 Å². The van der Waals surface area contributed by atoms with E-state index in [0.29, 0.717) is 17.1 Å². The van der Waals surface area contributed by atoms with Crippen LogP contribution in [-0.2, 0) is 15.3 Å². The van der Waals surface area contributed by atoms with Crippen LogP contribution in [0.15, 0.2) is 48.5 Å². The zero-order valence-electron chi connectivity index (χ0n) is 12.2. The molecule has 0 amide bonds. The molecular weight excluding hydrogens is 302 g/mol. The molecule has 0 radical (unpaired) electrons. The summed E-state index contributed by atoms with van der Waals surface area (Å²) in [5.74, 6) is -1.06. The lowest BCUT2D eigenvalue weighted by molar-refractivity contribution is -0.384. The molecule has 0 aliphatic carbocycles. The molecule has 7 nitrogen and oxygen atoms in total. The van der Waals surface area contributed by atoms with Gasteiger partial charge in [-0.25, -0.2) is 0 Å². The summed E-state index contributed by atoms with van der Waals surface area (Å²) in [6, 6.07) is 12.6. The maximum Gasteiger partial charge on any atom is 0.315 e. The van der Waals surface area contributed by atoms with E-state index in [-0.39, 0.29) is 12.3 Å². The summed E-state index contributed by atoms with van der Waals surface area (Å²) in [7, 11) is 0. The van der Waals surface area contributed by atoms with Gasteiger partial charge in [-0.3, -0.25) is 14.9 Å². The Hall–Kier alpha value is -3.09. The van der Waals surface area contributed by atoms with Gasteiger partial charge in [0.25, 0.3) is 5.69 Å². The van der Waals surface area contributed by atoms with Gasteiger partial charge in [0, 0.05) is 24.6 Å². The number of carbonyl (C=O) groups excluding carboxylic acids is 1. The van der Waals surface area contributed by atoms with Gasteiger partial charge in [-0.1, -0.05) is 12.1 Å². The Morgan fingerprint density at radius 3 is 2.43 bits per heavy atom. The van der Waals surface area contributed by atoms with Crippen LogP contribution in [0.2, 0.25) is 0 Å². The van der Waals surface area contributed by atoms with Crippen LogP contribution in [0, 0.1) is 10.1 Å². The Morgan fingerprint density at radius 1 is 1.17 bits per heavy atom. The molecule has 0 N–H and O–H groups in total. The lowest BCUT2D eigenvalue weighted by Gasteiger charge is -2.37. The lowest BCUT2D eigenvalue weighted by Crippen LogP contribution is -2.45. The van der Waals surface area contributed by atoms with Crippen LogP contribution in [0.5, 0.6) is 11.5 Å². The fourth-order valence-electron chi connectivity index (χ4n) is 2.35. The molecule has 1 aliphatic heterocycles. The van der Waals surface area contributed by atoms with Crippen molar-refractivity contribution in [2.75, 3.05) is 6.61 Å². The predicted molar refractivity (Wildman–Crippen MR) is 79.1 cm³/mol. The Morgan fingerprint density at radius 2 is 1.83 bits per heavy atom. The standard InChI is InChI=1S/C16H13NO6/c1-11(18)22-16(12-6-8-13(9-7-12)17(19)20)10-21-14-4-2-3-5-15(14)23-16/h2-9H,10H2,1H3/t16-/m1/s1. The second kappa shape index (κ2) is 5.60. The monoisotopic (exact) mass is 315 g/mol. The van der Waals surface area contributed by atoms with Crippen LogP contribution in [-0.4, -0.2) is 17.5 Å². The summed E-state index contributed by atoms with van der Waals surface area (Å²) in [5, 5.41) is 10.8. The highest BCUT2D eigenvalue weighted by Crippen LogP contribution is 2.40. The second-order valence-electron chi connectivity index (χ2n) is 4.99. The third kappa shape index (κ3) is 2.80. The number of hydrogen-bond acceptors (Lipinski definition) is 6. The number of nitro groups is 1. The Labute approximate surface area is 131 Å². The fraction of sp³-hybridized carbons (Fsp3) is 0.188. The van der Waals surface area contributed by atoms with Crippen LogP contribution in [0.4, 0.5) is 5.69 Å². The highest BCUT2D eigenvalue weighted by Gasteiger charge is 2.43. The normalized spacial score (nSPS) is 19.0. The molecule has 7 heteroatoms. The van der Waals surface area contributed by atoms with E-state index in [0.717, 1.165) is 0 Å². The number of hydrogen-bond donors (Lipinski definition) is 0. The first-order chi connectivity index (χ1) is 11.0. The van der Waals surface area contributed by atoms with Crippen molar-refractivity contribution in [3.63, 3.8) is 0 Å². The first-order valence-electron chi connectivity index (χ1n) is 6.85. The van der Waals surface area contributed by atoms with Crippen molar-refractivity contribution in [1.82, 2.24) is 0 Å². The van der Waals surface area contributed by atoms with Gasteiger partial charge < -0.3 is 14.2 Å². The minimum Gasteiger partial charge on any atom is -0.481 e. The van der Waals surface area contributed by atoms with Gasteiger partial charge in [0.2, 0.25) is 0 Å². The van der Waals surface area contributed by atoms with Crippen LogP contribution in [0.1, 0.15) is 12.5 Å². The van der Waals surface area contributed by atoms with Gasteiger partial charge in [-0.15, -0.1) is 0 Å². The molecule has 0 aromatic heterocycles. The minimum atomic E-state index is -1.48. The van der Waals surface area contributed by atoms with E-state index in [2.05, 4.69) is 0 Å². The Balaban J connectivity index is 2.01. The molecule has 1 atom stereocenters. The SMILES string of the molecule is CC(=O)O[C@]1(c2ccc([N+](=O)[O-])cc2)COc2ccccc2O1. The number of benzene rings is 2. The van der Waals surface area contributed by atoms with Gasteiger partial charge in [0.15, 0.2) is 18.1 Å². The van der Waals surface area contributed by atoms with Crippen molar-refractivity contribution in [3.05, 3.63) is 64.2 Å². The third-order valence-electron chi connectivity index (χ3n) is 3.37. The van der Waals surface area contributed by atoms with E-state index in [1.807, 2.05) is 0 Å². The smallest absolute Gasteiger partial charge is 0.315 e. The zero-order chi connectivity index (χ0) is 16.4. The van der Waals surface area contributed by atoms with Crippen LogP contribution in [0.3, 0.4) is 0 Å². The van der Waals surface area contributed by atoms with Gasteiger partial charge in [-0.05, 0) is 24.3 Å². The molecule has 118 valence electrons. The van der Waals surface area contributed by atoms with E-state index >= 15 is 0 Å². The van der Waals surface area contributed by atoms with E-state index < -0.39 is 16.7 Å². The largest absolute Gasteiger partial charge is 0.481 e. The number of rotatable bonds is 3. The molecule has 1 heterocycles. The van der Waals surface area contributed by atoms with Gasteiger partial charge in [0.05, 0.1) is 4.92 Å². The van der Waals surface area contributed by atoms with Crippen molar-refractivity contribution >= 4 is 11.7 Å². The number of fused-ring (bicyclic) bond motifs is 1. The molecule has 2 aromatic carbocycles. The number of nitrogens with zero attached hydrogens (tertiary/aromatic N) is 1. The molecule has 0 unspecified atom stereocenters. The first kappa shape index (κ1) is 14.8. The quantitative estimate of drug-likeness (QED) is 0.491. The van der Waals surface area contributed by atoms with E-state index in [1.165, 1.54) is 31.2 Å². The molecule has 0 bridgehead atoms. The molecule has 0 fully saturated rings. The van der Waals surface area contributed by atoms with Crippen LogP contribution in [0.25, 0.3) is 0 Å². The summed E-state index contributed by atoms with van der Waals surface area (Å²) in [6.07, 6.45) is 0. The Bertz CT molecular complexity index is 757. The van der Waals surface area contributed by atoms with Crippen molar-refractivity contribution in [3.8, 4) is 11.5 Å². The van der Waals surface area contributed by atoms with E-state index in [1.54, 1.807) is 24.3 Å². The highest BCUT2D eigenvalue weighted by atomic mass is 16.7. The minimum absolute atomic E-state index is 0.0542. The van der Waals surface area contributed by atoms with E-state index in [9.17, 15) is 14.9 Å². The number of carbonyl (C=O) groups is 1. The molecule has 1 aliphatic rings. The van der Waals surface area contributed by atoms with E-state index in [4.69, 9.17) is 14.2 Å². The van der Waals surface area contributed by atoms with Gasteiger partial charge in [0.1, 0.15) is 0 Å². The first-order valence-corrected chi connectivity index (χ1v) is 6.85. The van der Waals surface area contributed by atoms with Crippen LogP contribution >= 0.6 is 0 Å². The summed E-state index contributed by atoms with van der Waals surface area (Å²) in [4.78, 5) is 21.8. The summed E-state index contributed by atoms with van der Waals surface area (Å²) >= 11 is 0. The lowest BCUT2D eigenvalue weighted by atomic mass is 10.0. The average molecular weight is 315 g/mol. The van der Waals surface area contributed by atoms with Crippen molar-refractivity contribution in [2.45, 2.75) is 12.7 Å². The number of para-hydroxylation sites is 2. The van der Waals surface area contributed by atoms with Gasteiger partial charge >= 0.3 is 11.8 Å². The molecule has 0 saturated heterocycles. The predicted octanol–water partition coefficient (Wildman–Crippen LogP) is 2.78. The summed E-state index contributed by atoms with van der Waals surface area (Å²) in [6.45, 7) is 1.21. The number of non-ortho nitro benzene ring substituents is 1. The van der Waals surface area contributed by atoms with Gasteiger partial charge in [-0.2, -0.15) is 0 Å². The number of ether oxygens (including phenoxy) is 3. The zero-order valence-corrected chi connectivity index (χ0v) is 12.2. The van der Waals surface area contributed by atoms with Crippen LogP contribution < -0.4 is 9.47 Å². The molecule has 0 spiro atoms. The highest BCUT2D eigenvalue weighted by molar-refractivity contribution is 5.67. The summed E-state index contributed by atoms with van der Waals surface area (Å²) < 4.78 is 16.9. The number of nitro benzene ring substituents is 1. The second-order valence-corrected chi connectivity index (χ2v) is 4.99. The fourth-order valence-corrected chi connectivity index (χ4v) is 2.35. The maximum absolute atomic E-state index is 11.5. The number of esters is 1. The van der Waals surface area contributed by atoms with Crippen molar-refractivity contribution < 1.29 is 23.9 Å². The molecule has 0 saturated carbocycles. The maximum atomic E-state index is 11.5.